The Kier molecular flexibility index (Phi) is 6.84. The van der Waals surface area contributed by atoms with E-state index in [4.69, 9.17) is 0 Å². The van der Waals surface area contributed by atoms with Crippen molar-refractivity contribution >= 4 is 11.8 Å². The molecule has 2 aliphatic heterocycles. The second-order valence-electron chi connectivity index (χ2n) is 7.09. The van der Waals surface area contributed by atoms with Crippen molar-refractivity contribution in [2.75, 3.05) is 52.9 Å². The molecule has 0 bridgehead atoms. The lowest BCUT2D eigenvalue weighted by molar-refractivity contribution is -0.131. The predicted molar refractivity (Wildman–Crippen MR) is 91.1 cm³/mol. The van der Waals surface area contributed by atoms with E-state index in [0.717, 1.165) is 52.0 Å². The molecule has 0 aromatic carbocycles. The highest BCUT2D eigenvalue weighted by Crippen LogP contribution is 2.22. The van der Waals surface area contributed by atoms with E-state index in [9.17, 15) is 9.59 Å². The van der Waals surface area contributed by atoms with Crippen LogP contribution in [0.3, 0.4) is 0 Å². The first-order valence-corrected chi connectivity index (χ1v) is 8.95. The zero-order valence-electron chi connectivity index (χ0n) is 14.9. The fraction of sp³-hybridized carbons (Fsp3) is 0.882. The average molecular weight is 324 g/mol. The van der Waals surface area contributed by atoms with Crippen molar-refractivity contribution in [3.05, 3.63) is 0 Å². The average Bonchev–Trinajstić information content (AvgIpc) is 2.75. The van der Waals surface area contributed by atoms with Crippen LogP contribution in [0.1, 0.15) is 33.1 Å². The minimum Gasteiger partial charge on any atom is -0.351 e. The Balaban J connectivity index is 1.87. The van der Waals surface area contributed by atoms with Gasteiger partial charge >= 0.3 is 0 Å². The Morgan fingerprint density at radius 2 is 1.91 bits per heavy atom. The Morgan fingerprint density at radius 1 is 1.13 bits per heavy atom. The number of carbonyl (C=O) groups is 2. The molecule has 2 rings (SSSR count). The number of hydrogen-bond acceptors (Lipinski definition) is 4. The molecular weight excluding hydrogens is 292 g/mol. The third-order valence-corrected chi connectivity index (χ3v) is 5.01. The highest BCUT2D eigenvalue weighted by Gasteiger charge is 2.35. The number of nitrogens with zero attached hydrogens (tertiary/aromatic N) is 3. The summed E-state index contributed by atoms with van der Waals surface area (Å²) in [5.41, 5.74) is 0. The minimum absolute atomic E-state index is 0.000886. The number of carbonyl (C=O) groups excluding carboxylic acids is 2. The van der Waals surface area contributed by atoms with E-state index in [-0.39, 0.29) is 17.9 Å². The van der Waals surface area contributed by atoms with E-state index >= 15 is 0 Å². The molecule has 0 aromatic rings. The third kappa shape index (κ3) is 5.46. The van der Waals surface area contributed by atoms with Crippen LogP contribution in [0.25, 0.3) is 0 Å². The summed E-state index contributed by atoms with van der Waals surface area (Å²) in [6, 6.07) is 0.117. The van der Waals surface area contributed by atoms with E-state index in [0.29, 0.717) is 19.0 Å². The maximum absolute atomic E-state index is 12.6. The van der Waals surface area contributed by atoms with Gasteiger partial charge in [0.25, 0.3) is 0 Å². The maximum atomic E-state index is 12.6. The fourth-order valence-electron chi connectivity index (χ4n) is 3.71. The highest BCUT2D eigenvalue weighted by atomic mass is 16.2. The Bertz CT molecular complexity index is 415. The summed E-state index contributed by atoms with van der Waals surface area (Å²) in [5.74, 6) is 0.604. The molecule has 2 heterocycles. The first kappa shape index (κ1) is 18.2. The van der Waals surface area contributed by atoms with Gasteiger partial charge in [-0.1, -0.05) is 13.3 Å². The number of likely N-dealkylation sites (N-methyl/N-ethyl adjacent to an activating group) is 1. The van der Waals surface area contributed by atoms with Crippen LogP contribution in [-0.2, 0) is 9.59 Å². The minimum atomic E-state index is 0.000886. The van der Waals surface area contributed by atoms with Crippen molar-refractivity contribution in [3.63, 3.8) is 0 Å². The molecule has 0 aliphatic carbocycles. The van der Waals surface area contributed by atoms with Crippen molar-refractivity contribution in [3.8, 4) is 0 Å². The van der Waals surface area contributed by atoms with Crippen molar-refractivity contribution in [2.45, 2.75) is 39.2 Å². The van der Waals surface area contributed by atoms with Gasteiger partial charge in [-0.3, -0.25) is 14.5 Å². The van der Waals surface area contributed by atoms with Crippen LogP contribution in [-0.4, -0.2) is 85.4 Å². The lowest BCUT2D eigenvalue weighted by Gasteiger charge is -2.23. The molecule has 1 N–H and O–H groups in total. The summed E-state index contributed by atoms with van der Waals surface area (Å²) in [6.45, 7) is 9.77. The zero-order chi connectivity index (χ0) is 16.8. The molecule has 132 valence electrons. The van der Waals surface area contributed by atoms with Gasteiger partial charge in [0.2, 0.25) is 11.8 Å². The smallest absolute Gasteiger partial charge is 0.236 e. The molecule has 6 nitrogen and oxygen atoms in total. The molecule has 0 saturated carbocycles. The third-order valence-electron chi connectivity index (χ3n) is 5.01. The summed E-state index contributed by atoms with van der Waals surface area (Å²) >= 11 is 0. The van der Waals surface area contributed by atoms with Crippen molar-refractivity contribution in [1.29, 1.82) is 0 Å². The van der Waals surface area contributed by atoms with Gasteiger partial charge in [-0.05, 0) is 38.9 Å². The molecule has 2 aliphatic rings. The van der Waals surface area contributed by atoms with Crippen molar-refractivity contribution in [2.24, 2.45) is 5.92 Å². The van der Waals surface area contributed by atoms with E-state index in [1.54, 1.807) is 6.92 Å². The van der Waals surface area contributed by atoms with Gasteiger partial charge in [0.05, 0.1) is 12.6 Å². The lowest BCUT2D eigenvalue weighted by Crippen LogP contribution is -2.43. The lowest BCUT2D eigenvalue weighted by atomic mass is 9.98. The molecule has 0 unspecified atom stereocenters. The van der Waals surface area contributed by atoms with Crippen LogP contribution in [0.5, 0.6) is 0 Å². The van der Waals surface area contributed by atoms with Gasteiger partial charge < -0.3 is 15.1 Å². The van der Waals surface area contributed by atoms with Gasteiger partial charge in [0.1, 0.15) is 0 Å². The maximum Gasteiger partial charge on any atom is 0.236 e. The molecule has 2 fully saturated rings. The molecule has 2 atom stereocenters. The van der Waals surface area contributed by atoms with E-state index in [1.807, 2.05) is 4.90 Å². The fourth-order valence-corrected chi connectivity index (χ4v) is 3.71. The monoisotopic (exact) mass is 324 g/mol. The highest BCUT2D eigenvalue weighted by molar-refractivity contribution is 5.79. The Labute approximate surface area is 140 Å². The summed E-state index contributed by atoms with van der Waals surface area (Å²) < 4.78 is 0. The molecule has 2 amide bonds. The number of hydrogen-bond donors (Lipinski definition) is 1. The SMILES string of the molecule is CCC[C@@H]1CN(C(=O)CN2CCCN(C)CC2)C[C@H]1NC(C)=O. The van der Waals surface area contributed by atoms with E-state index < -0.39 is 0 Å². The van der Waals surface area contributed by atoms with Crippen LogP contribution in [0.15, 0.2) is 0 Å². The number of likely N-dealkylation sites (tertiary alicyclic amines) is 1. The first-order valence-electron chi connectivity index (χ1n) is 8.95. The van der Waals surface area contributed by atoms with Crippen molar-refractivity contribution < 1.29 is 9.59 Å². The summed E-state index contributed by atoms with van der Waals surface area (Å²) in [7, 11) is 2.14. The largest absolute Gasteiger partial charge is 0.351 e. The van der Waals surface area contributed by atoms with Gasteiger partial charge in [-0.15, -0.1) is 0 Å². The van der Waals surface area contributed by atoms with Crippen LogP contribution in [0.2, 0.25) is 0 Å². The van der Waals surface area contributed by atoms with Crippen LogP contribution < -0.4 is 5.32 Å². The molecular formula is C17H32N4O2. The first-order chi connectivity index (χ1) is 11.0. The predicted octanol–water partition coefficient (Wildman–Crippen LogP) is 0.387. The summed E-state index contributed by atoms with van der Waals surface area (Å²) in [5, 5.41) is 3.03. The molecule has 23 heavy (non-hydrogen) atoms. The Hall–Kier alpha value is -1.14. The van der Waals surface area contributed by atoms with Gasteiger partial charge in [0.15, 0.2) is 0 Å². The van der Waals surface area contributed by atoms with Crippen LogP contribution in [0, 0.1) is 5.92 Å². The van der Waals surface area contributed by atoms with Crippen LogP contribution in [0.4, 0.5) is 0 Å². The van der Waals surface area contributed by atoms with E-state index in [2.05, 4.69) is 29.1 Å². The van der Waals surface area contributed by atoms with Crippen molar-refractivity contribution in [1.82, 2.24) is 20.0 Å². The summed E-state index contributed by atoms with van der Waals surface area (Å²) in [6.07, 6.45) is 3.27. The number of amides is 2. The number of nitrogens with one attached hydrogen (secondary N) is 1. The van der Waals surface area contributed by atoms with Gasteiger partial charge in [-0.2, -0.15) is 0 Å². The Morgan fingerprint density at radius 3 is 2.61 bits per heavy atom. The quantitative estimate of drug-likeness (QED) is 0.795. The summed E-state index contributed by atoms with van der Waals surface area (Å²) in [4.78, 5) is 30.6. The van der Waals surface area contributed by atoms with E-state index in [1.165, 1.54) is 0 Å². The molecule has 0 radical (unpaired) electrons. The normalized spacial score (nSPS) is 27.0. The molecule has 0 aromatic heterocycles. The van der Waals surface area contributed by atoms with Gasteiger partial charge in [0, 0.05) is 33.1 Å². The second-order valence-corrected chi connectivity index (χ2v) is 7.09. The molecule has 6 heteroatoms. The van der Waals surface area contributed by atoms with Gasteiger partial charge in [-0.25, -0.2) is 0 Å². The standard InChI is InChI=1S/C17H32N4O2/c1-4-6-15-11-21(12-16(15)18-14(2)22)17(23)13-20-8-5-7-19(3)9-10-20/h15-16H,4-13H2,1-3H3,(H,18,22)/t15-,16-/m1/s1. The van der Waals surface area contributed by atoms with Crippen LogP contribution >= 0.6 is 0 Å². The molecule has 0 spiro atoms. The number of rotatable bonds is 5. The topological polar surface area (TPSA) is 55.9 Å². The second kappa shape index (κ2) is 8.64. The molecule has 2 saturated heterocycles. The zero-order valence-corrected chi connectivity index (χ0v) is 14.9.